The largest absolute Gasteiger partial charge is 0.448 e. The minimum absolute atomic E-state index is 0.381. The zero-order valence-electron chi connectivity index (χ0n) is 14.7. The Bertz CT molecular complexity index is 1010. The molecule has 1 aromatic carbocycles. The third-order valence-corrected chi connectivity index (χ3v) is 5.61. The van der Waals surface area contributed by atoms with Gasteiger partial charge in [0.2, 0.25) is 0 Å². The Labute approximate surface area is 164 Å². The molecule has 1 N–H and O–H groups in total. The molecule has 136 valence electrons. The third-order valence-electron chi connectivity index (χ3n) is 3.89. The number of aryl methyl sites for hydroxylation is 1. The maximum absolute atomic E-state index is 12.6. The Hall–Kier alpha value is -2.95. The van der Waals surface area contributed by atoms with Gasteiger partial charge in [0.1, 0.15) is 15.9 Å². The number of benzene rings is 1. The van der Waals surface area contributed by atoms with E-state index in [-0.39, 0.29) is 0 Å². The van der Waals surface area contributed by atoms with E-state index in [0.717, 1.165) is 16.7 Å². The fourth-order valence-corrected chi connectivity index (χ4v) is 3.94. The topological polar surface area (TPSA) is 79.2 Å². The second-order valence-corrected chi connectivity index (χ2v) is 7.67. The molecule has 1 amide bonds. The van der Waals surface area contributed by atoms with E-state index in [2.05, 4.69) is 5.32 Å². The summed E-state index contributed by atoms with van der Waals surface area (Å²) in [5.41, 5.74) is 3.21. The van der Waals surface area contributed by atoms with Crippen molar-refractivity contribution in [3.05, 3.63) is 63.2 Å². The normalized spacial score (nSPS) is 11.4. The average Bonchev–Trinajstić information content (AvgIpc) is 3.31. The van der Waals surface area contributed by atoms with Crippen molar-refractivity contribution < 1.29 is 14.3 Å². The van der Waals surface area contributed by atoms with Crippen molar-refractivity contribution in [2.45, 2.75) is 20.0 Å². The summed E-state index contributed by atoms with van der Waals surface area (Å²) >= 11 is 2.52. The summed E-state index contributed by atoms with van der Waals surface area (Å²) in [4.78, 5) is 25.3. The van der Waals surface area contributed by atoms with Crippen molar-refractivity contribution in [1.82, 2.24) is 0 Å². The lowest BCUT2D eigenvalue weighted by molar-refractivity contribution is -0.123. The molecule has 0 aliphatic heterocycles. The van der Waals surface area contributed by atoms with Gasteiger partial charge in [-0.2, -0.15) is 5.26 Å². The molecule has 7 heteroatoms. The van der Waals surface area contributed by atoms with E-state index < -0.39 is 18.0 Å². The van der Waals surface area contributed by atoms with Crippen LogP contribution in [-0.2, 0) is 9.53 Å². The highest BCUT2D eigenvalue weighted by atomic mass is 32.1. The number of hydrogen-bond acceptors (Lipinski definition) is 6. The van der Waals surface area contributed by atoms with Gasteiger partial charge in [-0.3, -0.25) is 4.79 Å². The maximum Gasteiger partial charge on any atom is 0.349 e. The van der Waals surface area contributed by atoms with E-state index in [1.807, 2.05) is 48.7 Å². The van der Waals surface area contributed by atoms with Crippen LogP contribution in [-0.4, -0.2) is 18.0 Å². The molecule has 0 fully saturated rings. The number of thiophene rings is 2. The van der Waals surface area contributed by atoms with Crippen LogP contribution in [0.15, 0.2) is 47.2 Å². The van der Waals surface area contributed by atoms with Gasteiger partial charge in [-0.05, 0) is 42.3 Å². The Morgan fingerprint density at radius 2 is 1.81 bits per heavy atom. The van der Waals surface area contributed by atoms with Crippen molar-refractivity contribution in [2.24, 2.45) is 0 Å². The summed E-state index contributed by atoms with van der Waals surface area (Å²) in [5, 5.41) is 15.6. The number of amides is 1. The fraction of sp³-hybridized carbons (Fsp3) is 0.150. The first-order chi connectivity index (χ1) is 13.0. The smallest absolute Gasteiger partial charge is 0.349 e. The van der Waals surface area contributed by atoms with E-state index in [4.69, 9.17) is 10.00 Å². The highest BCUT2D eigenvalue weighted by molar-refractivity contribution is 7.14. The van der Waals surface area contributed by atoms with E-state index in [9.17, 15) is 9.59 Å². The number of carbonyl (C=O) groups is 2. The van der Waals surface area contributed by atoms with Crippen molar-refractivity contribution in [3.63, 3.8) is 0 Å². The molecule has 0 radical (unpaired) electrons. The number of carbonyl (C=O) groups excluding carboxylic acids is 2. The molecule has 0 saturated carbocycles. The second-order valence-electron chi connectivity index (χ2n) is 5.84. The molecule has 0 spiro atoms. The quantitative estimate of drug-likeness (QED) is 0.626. The number of anilines is 1. The minimum atomic E-state index is -0.987. The van der Waals surface area contributed by atoms with Gasteiger partial charge in [-0.1, -0.05) is 29.8 Å². The molecule has 27 heavy (non-hydrogen) atoms. The highest BCUT2D eigenvalue weighted by Gasteiger charge is 2.23. The molecule has 5 nitrogen and oxygen atoms in total. The number of nitriles is 1. The monoisotopic (exact) mass is 396 g/mol. The Balaban J connectivity index is 1.70. The number of esters is 1. The third kappa shape index (κ3) is 4.25. The van der Waals surface area contributed by atoms with Crippen molar-refractivity contribution in [1.29, 1.82) is 5.26 Å². The van der Waals surface area contributed by atoms with Crippen LogP contribution in [0.1, 0.15) is 27.7 Å². The van der Waals surface area contributed by atoms with Crippen LogP contribution >= 0.6 is 22.7 Å². The van der Waals surface area contributed by atoms with Crippen molar-refractivity contribution in [2.75, 3.05) is 5.32 Å². The summed E-state index contributed by atoms with van der Waals surface area (Å²) < 4.78 is 5.35. The molecular formula is C20H16N2O3S2. The standard InChI is InChI=1S/C20H16N2O3S2/c1-12-3-5-14(6-4-12)16-8-10-26-17(16)20(24)25-13(2)18(23)22-19-15(11-21)7-9-27-19/h3-10,13H,1-2H3,(H,22,23)/t13-/m1/s1. The van der Waals surface area contributed by atoms with Crippen LogP contribution in [0.5, 0.6) is 0 Å². The Morgan fingerprint density at radius 3 is 2.52 bits per heavy atom. The molecule has 0 unspecified atom stereocenters. The highest BCUT2D eigenvalue weighted by Crippen LogP contribution is 2.29. The molecule has 1 atom stereocenters. The molecule has 0 bridgehead atoms. The van der Waals surface area contributed by atoms with Crippen LogP contribution in [0.25, 0.3) is 11.1 Å². The lowest BCUT2D eigenvalue weighted by Gasteiger charge is -2.13. The summed E-state index contributed by atoms with van der Waals surface area (Å²) in [5.74, 6) is -1.02. The van der Waals surface area contributed by atoms with Gasteiger partial charge < -0.3 is 10.1 Å². The summed E-state index contributed by atoms with van der Waals surface area (Å²) in [7, 11) is 0. The van der Waals surface area contributed by atoms with Crippen LogP contribution < -0.4 is 5.32 Å². The first-order valence-electron chi connectivity index (χ1n) is 8.13. The number of hydrogen-bond donors (Lipinski definition) is 1. The molecular weight excluding hydrogens is 380 g/mol. The van der Waals surface area contributed by atoms with Crippen LogP contribution in [0.4, 0.5) is 5.00 Å². The number of nitrogens with one attached hydrogen (secondary N) is 1. The molecule has 0 aliphatic rings. The van der Waals surface area contributed by atoms with Crippen molar-refractivity contribution >= 4 is 39.6 Å². The van der Waals surface area contributed by atoms with E-state index in [1.165, 1.54) is 29.6 Å². The molecule has 0 saturated heterocycles. The average molecular weight is 396 g/mol. The van der Waals surface area contributed by atoms with Gasteiger partial charge in [0, 0.05) is 5.56 Å². The molecule has 0 aliphatic carbocycles. The maximum atomic E-state index is 12.6. The molecule has 3 rings (SSSR count). The lowest BCUT2D eigenvalue weighted by Crippen LogP contribution is -2.29. The Kier molecular flexibility index (Phi) is 5.69. The molecule has 3 aromatic rings. The first kappa shape index (κ1) is 18.8. The fourth-order valence-electron chi connectivity index (χ4n) is 2.40. The van der Waals surface area contributed by atoms with Gasteiger partial charge >= 0.3 is 5.97 Å². The van der Waals surface area contributed by atoms with Crippen LogP contribution in [0, 0.1) is 18.3 Å². The number of nitrogens with zero attached hydrogens (tertiary/aromatic N) is 1. The summed E-state index contributed by atoms with van der Waals surface area (Å²) in [6.07, 6.45) is -0.987. The predicted molar refractivity (Wildman–Crippen MR) is 107 cm³/mol. The van der Waals surface area contributed by atoms with E-state index >= 15 is 0 Å². The molecule has 2 heterocycles. The summed E-state index contributed by atoms with van der Waals surface area (Å²) in [6, 6.07) is 13.3. The van der Waals surface area contributed by atoms with Crippen molar-refractivity contribution in [3.8, 4) is 17.2 Å². The van der Waals surface area contributed by atoms with Gasteiger partial charge in [0.25, 0.3) is 5.91 Å². The van der Waals surface area contributed by atoms with Gasteiger partial charge in [-0.15, -0.1) is 22.7 Å². The zero-order chi connectivity index (χ0) is 19.4. The van der Waals surface area contributed by atoms with Gasteiger partial charge in [-0.25, -0.2) is 4.79 Å². The predicted octanol–water partition coefficient (Wildman–Crippen LogP) is 4.84. The SMILES string of the molecule is Cc1ccc(-c2ccsc2C(=O)O[C@H](C)C(=O)Nc2sccc2C#N)cc1. The number of rotatable bonds is 5. The summed E-state index contributed by atoms with van der Waals surface area (Å²) in [6.45, 7) is 3.50. The van der Waals surface area contributed by atoms with Crippen LogP contribution in [0.3, 0.4) is 0 Å². The lowest BCUT2D eigenvalue weighted by atomic mass is 10.1. The Morgan fingerprint density at radius 1 is 1.11 bits per heavy atom. The van der Waals surface area contributed by atoms with Gasteiger partial charge in [0.15, 0.2) is 6.10 Å². The van der Waals surface area contributed by atoms with E-state index in [0.29, 0.717) is 15.4 Å². The number of ether oxygens (including phenoxy) is 1. The van der Waals surface area contributed by atoms with Gasteiger partial charge in [0.05, 0.1) is 5.56 Å². The van der Waals surface area contributed by atoms with Crippen LogP contribution in [0.2, 0.25) is 0 Å². The second kappa shape index (κ2) is 8.16. The molecule has 2 aromatic heterocycles. The first-order valence-corrected chi connectivity index (χ1v) is 9.89. The zero-order valence-corrected chi connectivity index (χ0v) is 16.3. The minimum Gasteiger partial charge on any atom is -0.448 e. The van der Waals surface area contributed by atoms with E-state index in [1.54, 1.807) is 11.4 Å².